The smallest absolute Gasteiger partial charge is 0.302 e. The third-order valence-corrected chi connectivity index (χ3v) is 4.89. The SMILES string of the molecule is CCCCCCCCC[C@@]1(COC(C)=O)CCC(C)C(OC)O1. The molecule has 3 atom stereocenters. The van der Waals surface area contributed by atoms with Gasteiger partial charge >= 0.3 is 5.97 Å². The van der Waals surface area contributed by atoms with Gasteiger partial charge in [0.1, 0.15) is 12.2 Å². The van der Waals surface area contributed by atoms with Crippen molar-refractivity contribution in [3.05, 3.63) is 0 Å². The first-order valence-corrected chi connectivity index (χ1v) is 9.37. The zero-order valence-corrected chi connectivity index (χ0v) is 15.6. The predicted octanol–water partition coefficient (Wildman–Crippen LogP) is 4.85. The second kappa shape index (κ2) is 11.0. The third-order valence-electron chi connectivity index (χ3n) is 4.89. The molecule has 0 bridgehead atoms. The summed E-state index contributed by atoms with van der Waals surface area (Å²) in [7, 11) is 1.69. The first-order chi connectivity index (χ1) is 11.0. The minimum atomic E-state index is -0.359. The van der Waals surface area contributed by atoms with Gasteiger partial charge in [0, 0.05) is 20.0 Å². The van der Waals surface area contributed by atoms with Gasteiger partial charge in [-0.1, -0.05) is 58.8 Å². The molecule has 0 spiro atoms. The van der Waals surface area contributed by atoms with Crippen LogP contribution >= 0.6 is 0 Å². The van der Waals surface area contributed by atoms with Gasteiger partial charge in [0.15, 0.2) is 6.29 Å². The van der Waals surface area contributed by atoms with Crippen LogP contribution in [0.1, 0.15) is 85.0 Å². The van der Waals surface area contributed by atoms with Gasteiger partial charge in [-0.25, -0.2) is 0 Å². The summed E-state index contributed by atoms with van der Waals surface area (Å²) in [4.78, 5) is 11.2. The molecule has 0 saturated carbocycles. The van der Waals surface area contributed by atoms with Gasteiger partial charge in [-0.3, -0.25) is 4.79 Å². The molecule has 0 N–H and O–H groups in total. The van der Waals surface area contributed by atoms with E-state index in [1.54, 1.807) is 7.11 Å². The van der Waals surface area contributed by atoms with Gasteiger partial charge in [-0.2, -0.15) is 0 Å². The van der Waals surface area contributed by atoms with Crippen LogP contribution in [0.25, 0.3) is 0 Å². The van der Waals surface area contributed by atoms with Crippen LogP contribution in [0.2, 0.25) is 0 Å². The quantitative estimate of drug-likeness (QED) is 0.402. The zero-order valence-electron chi connectivity index (χ0n) is 15.6. The van der Waals surface area contributed by atoms with Crippen molar-refractivity contribution in [3.63, 3.8) is 0 Å². The second-order valence-corrected chi connectivity index (χ2v) is 7.07. The lowest BCUT2D eigenvalue weighted by Crippen LogP contribution is -2.48. The molecule has 1 aliphatic heterocycles. The fourth-order valence-corrected chi connectivity index (χ4v) is 3.33. The molecule has 0 aliphatic carbocycles. The number of esters is 1. The van der Waals surface area contributed by atoms with E-state index in [9.17, 15) is 4.79 Å². The van der Waals surface area contributed by atoms with E-state index in [-0.39, 0.29) is 17.9 Å². The third kappa shape index (κ3) is 7.67. The van der Waals surface area contributed by atoms with Crippen LogP contribution in [0.15, 0.2) is 0 Å². The van der Waals surface area contributed by atoms with Gasteiger partial charge in [0.25, 0.3) is 0 Å². The highest BCUT2D eigenvalue weighted by Crippen LogP contribution is 2.37. The molecule has 1 heterocycles. The normalized spacial score (nSPS) is 27.8. The van der Waals surface area contributed by atoms with Crippen molar-refractivity contribution in [2.75, 3.05) is 13.7 Å². The van der Waals surface area contributed by atoms with Crippen LogP contribution in [0, 0.1) is 5.92 Å². The van der Waals surface area contributed by atoms with Crippen LogP contribution in [0.5, 0.6) is 0 Å². The van der Waals surface area contributed by atoms with E-state index in [4.69, 9.17) is 14.2 Å². The van der Waals surface area contributed by atoms with E-state index in [1.807, 2.05) is 0 Å². The van der Waals surface area contributed by atoms with Gasteiger partial charge in [0.05, 0.1) is 0 Å². The number of carbonyl (C=O) groups is 1. The van der Waals surface area contributed by atoms with E-state index in [1.165, 1.54) is 45.4 Å². The van der Waals surface area contributed by atoms with E-state index >= 15 is 0 Å². The monoisotopic (exact) mass is 328 g/mol. The molecule has 4 nitrogen and oxygen atoms in total. The number of carbonyl (C=O) groups excluding carboxylic acids is 1. The van der Waals surface area contributed by atoms with Crippen molar-refractivity contribution < 1.29 is 19.0 Å². The number of unbranched alkanes of at least 4 members (excludes halogenated alkanes) is 6. The summed E-state index contributed by atoms with van der Waals surface area (Å²) in [6.07, 6.45) is 11.7. The Hall–Kier alpha value is -0.610. The standard InChI is InChI=1S/C19H36O4/c1-5-6-7-8-9-10-11-13-19(15-22-17(3)20)14-12-16(2)18(21-4)23-19/h16,18H,5-15H2,1-4H3/t16?,18?,19-/m0/s1. The minimum absolute atomic E-state index is 0.191. The molecule has 0 aromatic rings. The molecular formula is C19H36O4. The van der Waals surface area contributed by atoms with Crippen molar-refractivity contribution in [2.24, 2.45) is 5.92 Å². The maximum Gasteiger partial charge on any atom is 0.302 e. The van der Waals surface area contributed by atoms with Crippen molar-refractivity contribution in [2.45, 2.75) is 96.9 Å². The molecule has 0 aromatic heterocycles. The fourth-order valence-electron chi connectivity index (χ4n) is 3.33. The zero-order chi connectivity index (χ0) is 17.1. The number of hydrogen-bond acceptors (Lipinski definition) is 4. The van der Waals surface area contributed by atoms with Crippen molar-refractivity contribution >= 4 is 5.97 Å². The topological polar surface area (TPSA) is 44.8 Å². The first kappa shape index (κ1) is 20.4. The van der Waals surface area contributed by atoms with Gasteiger partial charge in [-0.05, 0) is 19.3 Å². The molecule has 0 aromatic carbocycles. The largest absolute Gasteiger partial charge is 0.463 e. The molecule has 1 fully saturated rings. The summed E-state index contributed by atoms with van der Waals surface area (Å²) in [6, 6.07) is 0. The summed E-state index contributed by atoms with van der Waals surface area (Å²) >= 11 is 0. The number of ether oxygens (including phenoxy) is 3. The van der Waals surface area contributed by atoms with Crippen LogP contribution in [-0.4, -0.2) is 31.6 Å². The lowest BCUT2D eigenvalue weighted by molar-refractivity contribution is -0.261. The van der Waals surface area contributed by atoms with Gasteiger partial charge < -0.3 is 14.2 Å². The maximum absolute atomic E-state index is 11.2. The van der Waals surface area contributed by atoms with Crippen molar-refractivity contribution in [1.29, 1.82) is 0 Å². The van der Waals surface area contributed by atoms with Gasteiger partial charge in [-0.15, -0.1) is 0 Å². The van der Waals surface area contributed by atoms with Crippen LogP contribution in [0.4, 0.5) is 0 Å². The highest BCUT2D eigenvalue weighted by atomic mass is 16.7. The van der Waals surface area contributed by atoms with Crippen molar-refractivity contribution in [3.8, 4) is 0 Å². The van der Waals surface area contributed by atoms with E-state index in [0.29, 0.717) is 12.5 Å². The Balaban J connectivity index is 2.44. The molecule has 2 unspecified atom stereocenters. The molecule has 1 saturated heterocycles. The highest BCUT2D eigenvalue weighted by molar-refractivity contribution is 5.65. The summed E-state index contributed by atoms with van der Waals surface area (Å²) in [5, 5.41) is 0. The van der Waals surface area contributed by atoms with Gasteiger partial charge in [0.2, 0.25) is 0 Å². The maximum atomic E-state index is 11.2. The average Bonchev–Trinajstić information content (AvgIpc) is 2.54. The Bertz CT molecular complexity index is 331. The van der Waals surface area contributed by atoms with Crippen LogP contribution in [0.3, 0.4) is 0 Å². The molecule has 1 aliphatic rings. The number of hydrogen-bond donors (Lipinski definition) is 0. The molecule has 0 amide bonds. The lowest BCUT2D eigenvalue weighted by atomic mass is 9.85. The Labute approximate surface area is 142 Å². The summed E-state index contributed by atoms with van der Waals surface area (Å²) in [5.74, 6) is 0.152. The first-order valence-electron chi connectivity index (χ1n) is 9.37. The van der Waals surface area contributed by atoms with Crippen LogP contribution < -0.4 is 0 Å². The lowest BCUT2D eigenvalue weighted by Gasteiger charge is -2.43. The summed E-state index contributed by atoms with van der Waals surface area (Å²) in [6.45, 7) is 6.20. The molecule has 4 heteroatoms. The van der Waals surface area contributed by atoms with Crippen molar-refractivity contribution in [1.82, 2.24) is 0 Å². The van der Waals surface area contributed by atoms with E-state index in [0.717, 1.165) is 25.7 Å². The highest BCUT2D eigenvalue weighted by Gasteiger charge is 2.41. The minimum Gasteiger partial charge on any atom is -0.463 e. The average molecular weight is 328 g/mol. The predicted molar refractivity (Wildman–Crippen MR) is 92.3 cm³/mol. The van der Waals surface area contributed by atoms with E-state index in [2.05, 4.69) is 13.8 Å². The summed E-state index contributed by atoms with van der Waals surface area (Å²) in [5.41, 5.74) is -0.359. The second-order valence-electron chi connectivity index (χ2n) is 7.07. The molecule has 1 rings (SSSR count). The number of methoxy groups -OCH3 is 1. The Morgan fingerprint density at radius 2 is 1.83 bits per heavy atom. The Kier molecular flexibility index (Phi) is 9.80. The van der Waals surface area contributed by atoms with E-state index < -0.39 is 0 Å². The fraction of sp³-hybridized carbons (Fsp3) is 0.947. The molecule has 0 radical (unpaired) electrons. The Morgan fingerprint density at radius 1 is 1.17 bits per heavy atom. The van der Waals surface area contributed by atoms with Crippen LogP contribution in [-0.2, 0) is 19.0 Å². The molecule has 136 valence electrons. The number of rotatable bonds is 11. The molecular weight excluding hydrogens is 292 g/mol. The molecule has 23 heavy (non-hydrogen) atoms. The summed E-state index contributed by atoms with van der Waals surface area (Å²) < 4.78 is 17.0. The Morgan fingerprint density at radius 3 is 2.43 bits per heavy atom.